The van der Waals surface area contributed by atoms with E-state index in [4.69, 9.17) is 4.99 Å². The molecule has 3 nitrogen and oxygen atoms in total. The van der Waals surface area contributed by atoms with Crippen molar-refractivity contribution in [3.8, 4) is 0 Å². The summed E-state index contributed by atoms with van der Waals surface area (Å²) in [7, 11) is 0. The second-order valence-electron chi connectivity index (χ2n) is 9.42. The highest BCUT2D eigenvalue weighted by atomic mass is 32.2. The van der Waals surface area contributed by atoms with Crippen LogP contribution in [0.1, 0.15) is 101 Å². The first-order chi connectivity index (χ1) is 14.2. The van der Waals surface area contributed by atoms with E-state index in [9.17, 15) is 0 Å². The van der Waals surface area contributed by atoms with E-state index in [1.807, 2.05) is 0 Å². The Hall–Kier alpha value is -1.94. The molecule has 0 spiro atoms. The second-order valence-corrected chi connectivity index (χ2v) is 10.4. The number of amidine groups is 1. The Morgan fingerprint density at radius 2 is 1.17 bits per heavy atom. The molecule has 1 aliphatic heterocycles. The first-order valence-corrected chi connectivity index (χ1v) is 12.2. The van der Waals surface area contributed by atoms with Crippen molar-refractivity contribution in [1.82, 2.24) is 5.43 Å². The van der Waals surface area contributed by atoms with E-state index in [1.54, 1.807) is 11.8 Å². The molecule has 0 saturated carbocycles. The normalized spacial score (nSPS) is 15.9. The lowest BCUT2D eigenvalue weighted by atomic mass is 9.92. The molecule has 3 rings (SSSR count). The van der Waals surface area contributed by atoms with Gasteiger partial charge < -0.3 is 0 Å². The van der Waals surface area contributed by atoms with E-state index in [2.05, 4.69) is 102 Å². The van der Waals surface area contributed by atoms with Gasteiger partial charge in [-0.1, -0.05) is 104 Å². The molecule has 1 heterocycles. The largest absolute Gasteiger partial charge is 0.275 e. The van der Waals surface area contributed by atoms with Gasteiger partial charge in [-0.05, 0) is 45.9 Å². The minimum atomic E-state index is 0.444. The van der Waals surface area contributed by atoms with E-state index < -0.39 is 0 Å². The van der Waals surface area contributed by atoms with Gasteiger partial charge in [0.15, 0.2) is 5.17 Å². The predicted molar refractivity (Wildman–Crippen MR) is 134 cm³/mol. The summed E-state index contributed by atoms with van der Waals surface area (Å²) in [5.74, 6) is 2.70. The Kier molecular flexibility index (Phi) is 7.18. The molecule has 0 bridgehead atoms. The Morgan fingerprint density at radius 3 is 1.60 bits per heavy atom. The second kappa shape index (κ2) is 9.47. The van der Waals surface area contributed by atoms with Crippen LogP contribution in [0.25, 0.3) is 0 Å². The Balaban J connectivity index is 2.01. The lowest BCUT2D eigenvalue weighted by Crippen LogP contribution is -2.35. The first kappa shape index (κ1) is 22.7. The van der Waals surface area contributed by atoms with Crippen LogP contribution in [0.15, 0.2) is 41.4 Å². The van der Waals surface area contributed by atoms with Crippen LogP contribution in [0, 0.1) is 0 Å². The fourth-order valence-corrected chi connectivity index (χ4v) is 4.82. The summed E-state index contributed by atoms with van der Waals surface area (Å²) >= 11 is 1.79. The van der Waals surface area contributed by atoms with Gasteiger partial charge in [-0.3, -0.25) is 10.4 Å². The molecule has 0 unspecified atom stereocenters. The molecule has 0 amide bonds. The Morgan fingerprint density at radius 1 is 0.733 bits per heavy atom. The minimum absolute atomic E-state index is 0.444. The molecule has 2 aromatic carbocycles. The summed E-state index contributed by atoms with van der Waals surface area (Å²) < 4.78 is 0. The summed E-state index contributed by atoms with van der Waals surface area (Å²) in [6.07, 6.45) is 0. The summed E-state index contributed by atoms with van der Waals surface area (Å²) in [6.45, 7) is 18.1. The molecule has 30 heavy (non-hydrogen) atoms. The Labute approximate surface area is 187 Å². The molecule has 1 fully saturated rings. The van der Waals surface area contributed by atoms with Gasteiger partial charge in [-0.15, -0.1) is 0 Å². The zero-order valence-corrected chi connectivity index (χ0v) is 20.6. The maximum Gasteiger partial charge on any atom is 0.182 e. The van der Waals surface area contributed by atoms with Crippen molar-refractivity contribution in [2.45, 2.75) is 79.1 Å². The number of nitrogens with one attached hydrogen (secondary N) is 1. The van der Waals surface area contributed by atoms with E-state index in [1.165, 1.54) is 27.9 Å². The molecule has 1 N–H and O–H groups in total. The number of hydrogen-bond donors (Lipinski definition) is 1. The van der Waals surface area contributed by atoms with Crippen LogP contribution in [0.2, 0.25) is 0 Å². The highest BCUT2D eigenvalue weighted by Crippen LogP contribution is 2.39. The lowest BCUT2D eigenvalue weighted by molar-refractivity contribution is 0.788. The summed E-state index contributed by atoms with van der Waals surface area (Å²) in [5, 5.41) is 3.28. The Bertz CT molecular complexity index is 860. The first-order valence-electron chi connectivity index (χ1n) is 11.2. The molecular weight excluding hydrogens is 386 g/mol. The van der Waals surface area contributed by atoms with Crippen LogP contribution in [0.4, 0.5) is 11.4 Å². The van der Waals surface area contributed by atoms with Gasteiger partial charge in [-0.25, -0.2) is 4.99 Å². The van der Waals surface area contributed by atoms with Gasteiger partial charge in [0.25, 0.3) is 0 Å². The van der Waals surface area contributed by atoms with E-state index in [0.29, 0.717) is 23.7 Å². The molecular formula is C26H37N3S. The third kappa shape index (κ3) is 4.69. The lowest BCUT2D eigenvalue weighted by Gasteiger charge is -2.27. The van der Waals surface area contributed by atoms with Crippen molar-refractivity contribution < 1.29 is 0 Å². The van der Waals surface area contributed by atoms with Crippen molar-refractivity contribution in [2.24, 2.45) is 4.99 Å². The topological polar surface area (TPSA) is 27.6 Å². The van der Waals surface area contributed by atoms with Gasteiger partial charge in [0.2, 0.25) is 0 Å². The van der Waals surface area contributed by atoms with Crippen molar-refractivity contribution in [2.75, 3.05) is 10.9 Å². The molecule has 1 saturated heterocycles. The number of hydrazine groups is 1. The summed E-state index contributed by atoms with van der Waals surface area (Å²) in [5.41, 5.74) is 11.5. The maximum atomic E-state index is 5.15. The number of benzene rings is 2. The van der Waals surface area contributed by atoms with Gasteiger partial charge in [0.1, 0.15) is 0 Å². The van der Waals surface area contributed by atoms with Gasteiger partial charge in [0, 0.05) is 0 Å². The van der Waals surface area contributed by atoms with Crippen LogP contribution in [-0.4, -0.2) is 11.0 Å². The summed E-state index contributed by atoms with van der Waals surface area (Å²) in [6, 6.07) is 13.3. The van der Waals surface area contributed by atoms with Crippen LogP contribution in [0.3, 0.4) is 0 Å². The maximum absolute atomic E-state index is 5.15. The third-order valence-corrected chi connectivity index (χ3v) is 6.57. The molecule has 0 radical (unpaired) electrons. The fraction of sp³-hybridized carbons (Fsp3) is 0.500. The van der Waals surface area contributed by atoms with E-state index in [-0.39, 0.29) is 0 Å². The highest BCUT2D eigenvalue weighted by Gasteiger charge is 2.26. The molecule has 0 aromatic heterocycles. The van der Waals surface area contributed by atoms with Crippen LogP contribution in [-0.2, 0) is 0 Å². The molecule has 1 aliphatic rings. The standard InChI is InChI=1S/C26H37N3S/c1-16(2)20-11-9-12-21(17(3)4)24(20)27-26-28-29(15-30-26)25-22(18(5)6)13-10-14-23(25)19(7)8/h9-14,16-19H,15H2,1-8H3,(H,27,28). The van der Waals surface area contributed by atoms with Crippen molar-refractivity contribution in [3.05, 3.63) is 58.7 Å². The van der Waals surface area contributed by atoms with Crippen molar-refractivity contribution in [1.29, 1.82) is 0 Å². The monoisotopic (exact) mass is 423 g/mol. The zero-order chi connectivity index (χ0) is 22.0. The number of para-hydroxylation sites is 2. The van der Waals surface area contributed by atoms with E-state index in [0.717, 1.165) is 16.7 Å². The van der Waals surface area contributed by atoms with Crippen LogP contribution >= 0.6 is 11.8 Å². The molecule has 0 aliphatic carbocycles. The van der Waals surface area contributed by atoms with E-state index >= 15 is 0 Å². The average Bonchev–Trinajstić information content (AvgIpc) is 3.15. The van der Waals surface area contributed by atoms with Crippen LogP contribution in [0.5, 0.6) is 0 Å². The summed E-state index contributed by atoms with van der Waals surface area (Å²) in [4.78, 5) is 5.15. The number of nitrogens with zero attached hydrogens (tertiary/aromatic N) is 2. The third-order valence-electron chi connectivity index (χ3n) is 5.73. The zero-order valence-electron chi connectivity index (χ0n) is 19.8. The van der Waals surface area contributed by atoms with Gasteiger partial charge in [0.05, 0.1) is 17.3 Å². The number of rotatable bonds is 6. The number of hydrogen-bond acceptors (Lipinski definition) is 3. The quantitative estimate of drug-likeness (QED) is 0.512. The van der Waals surface area contributed by atoms with Crippen LogP contribution < -0.4 is 10.4 Å². The SMILES string of the molecule is CC(C)c1cccc(C(C)C)c1N=C1NN(c2c(C(C)C)cccc2C(C)C)CS1. The number of anilines is 1. The van der Waals surface area contributed by atoms with Gasteiger partial charge >= 0.3 is 0 Å². The minimum Gasteiger partial charge on any atom is -0.275 e. The predicted octanol–water partition coefficient (Wildman–Crippen LogP) is 7.88. The fourth-order valence-electron chi connectivity index (χ4n) is 4.05. The molecule has 0 atom stereocenters. The van der Waals surface area contributed by atoms with Gasteiger partial charge in [-0.2, -0.15) is 0 Å². The number of thioether (sulfide) groups is 1. The number of aliphatic imine (C=N–C) groups is 1. The molecule has 2 aromatic rings. The molecule has 4 heteroatoms. The smallest absolute Gasteiger partial charge is 0.182 e. The highest BCUT2D eigenvalue weighted by molar-refractivity contribution is 8.14. The van der Waals surface area contributed by atoms with Crippen molar-refractivity contribution in [3.63, 3.8) is 0 Å². The molecule has 162 valence electrons. The average molecular weight is 424 g/mol. The van der Waals surface area contributed by atoms with Crippen molar-refractivity contribution >= 4 is 28.3 Å².